The summed E-state index contributed by atoms with van der Waals surface area (Å²) < 4.78 is 5.12. The van der Waals surface area contributed by atoms with Gasteiger partial charge < -0.3 is 25.0 Å². The Hall–Kier alpha value is -1.34. The van der Waals surface area contributed by atoms with E-state index >= 15 is 0 Å². The average Bonchev–Trinajstić information content (AvgIpc) is 2.37. The second-order valence-corrected chi connectivity index (χ2v) is 6.18. The molecular weight excluding hydrogens is 274 g/mol. The highest BCUT2D eigenvalue weighted by Crippen LogP contribution is 2.09. The van der Waals surface area contributed by atoms with E-state index in [1.54, 1.807) is 0 Å². The summed E-state index contributed by atoms with van der Waals surface area (Å²) >= 11 is 0. The second kappa shape index (κ2) is 8.19. The fraction of sp³-hybridized carbons (Fsp3) is 0.857. The lowest BCUT2D eigenvalue weighted by atomic mass is 10.0. The number of urea groups is 1. The van der Waals surface area contributed by atoms with Crippen LogP contribution < -0.4 is 5.32 Å². The van der Waals surface area contributed by atoms with Crippen molar-refractivity contribution in [3.05, 3.63) is 0 Å². The number of amides is 2. The number of nitrogens with zero attached hydrogens (tertiary/aromatic N) is 2. The summed E-state index contributed by atoms with van der Waals surface area (Å²) in [5.41, 5.74) is 0. The van der Waals surface area contributed by atoms with Crippen LogP contribution in [0.4, 0.5) is 4.79 Å². The van der Waals surface area contributed by atoms with E-state index in [1.807, 2.05) is 19.0 Å². The van der Waals surface area contributed by atoms with Crippen molar-refractivity contribution < 1.29 is 19.4 Å². The van der Waals surface area contributed by atoms with Crippen LogP contribution in [0.15, 0.2) is 0 Å². The molecule has 21 heavy (non-hydrogen) atoms. The van der Waals surface area contributed by atoms with E-state index in [0.717, 1.165) is 13.0 Å². The molecule has 0 radical (unpaired) electrons. The van der Waals surface area contributed by atoms with Crippen LogP contribution in [-0.4, -0.2) is 79.4 Å². The number of morpholine rings is 1. The van der Waals surface area contributed by atoms with Gasteiger partial charge in [-0.05, 0) is 26.4 Å². The normalized spacial score (nSPS) is 20.7. The van der Waals surface area contributed by atoms with E-state index in [2.05, 4.69) is 19.2 Å². The number of likely N-dealkylation sites (N-methyl/N-ethyl adjacent to an activating group) is 1. The van der Waals surface area contributed by atoms with Crippen molar-refractivity contribution in [2.75, 3.05) is 40.3 Å². The first-order valence-corrected chi connectivity index (χ1v) is 7.34. The Bertz CT molecular complexity index is 350. The van der Waals surface area contributed by atoms with Crippen LogP contribution in [0.1, 0.15) is 20.3 Å². The summed E-state index contributed by atoms with van der Waals surface area (Å²) in [6.45, 7) is 5.76. The molecule has 0 aromatic carbocycles. The maximum Gasteiger partial charge on any atom is 0.334 e. The van der Waals surface area contributed by atoms with Gasteiger partial charge in [-0.3, -0.25) is 0 Å². The Morgan fingerprint density at radius 3 is 2.62 bits per heavy atom. The summed E-state index contributed by atoms with van der Waals surface area (Å²) in [6.07, 6.45) is -0.0433. The van der Waals surface area contributed by atoms with Gasteiger partial charge in [-0.2, -0.15) is 0 Å². The molecule has 1 aliphatic heterocycles. The Labute approximate surface area is 126 Å². The average molecular weight is 301 g/mol. The van der Waals surface area contributed by atoms with Gasteiger partial charge in [-0.25, -0.2) is 9.59 Å². The molecule has 1 saturated heterocycles. The molecule has 1 aliphatic rings. The molecule has 1 heterocycles. The minimum Gasteiger partial charge on any atom is -0.479 e. The number of hydrogen-bond donors (Lipinski definition) is 2. The van der Waals surface area contributed by atoms with Crippen molar-refractivity contribution in [1.82, 2.24) is 15.1 Å². The van der Waals surface area contributed by atoms with Crippen LogP contribution in [0.25, 0.3) is 0 Å². The van der Waals surface area contributed by atoms with Crippen molar-refractivity contribution in [2.24, 2.45) is 5.92 Å². The SMILES string of the molecule is CC(C)CC(CN(C)C)NC(=O)N1CCOC(C(=O)O)C1. The molecule has 2 unspecified atom stereocenters. The van der Waals surface area contributed by atoms with E-state index in [4.69, 9.17) is 9.84 Å². The van der Waals surface area contributed by atoms with Gasteiger partial charge in [0.25, 0.3) is 0 Å². The van der Waals surface area contributed by atoms with E-state index in [1.165, 1.54) is 4.90 Å². The van der Waals surface area contributed by atoms with Gasteiger partial charge in [0.2, 0.25) is 0 Å². The molecule has 7 heteroatoms. The molecular formula is C14H27N3O4. The first kappa shape index (κ1) is 17.7. The van der Waals surface area contributed by atoms with Gasteiger partial charge in [0.1, 0.15) is 0 Å². The third-order valence-corrected chi connectivity index (χ3v) is 3.30. The van der Waals surface area contributed by atoms with E-state index in [9.17, 15) is 9.59 Å². The number of ether oxygens (including phenoxy) is 1. The maximum absolute atomic E-state index is 12.3. The van der Waals surface area contributed by atoms with Crippen molar-refractivity contribution >= 4 is 12.0 Å². The molecule has 0 aliphatic carbocycles. The molecule has 0 spiro atoms. The first-order valence-electron chi connectivity index (χ1n) is 7.34. The zero-order valence-corrected chi connectivity index (χ0v) is 13.3. The zero-order chi connectivity index (χ0) is 16.0. The highest BCUT2D eigenvalue weighted by Gasteiger charge is 2.29. The summed E-state index contributed by atoms with van der Waals surface area (Å²) in [6, 6.07) is -0.157. The number of nitrogens with one attached hydrogen (secondary N) is 1. The summed E-state index contributed by atoms with van der Waals surface area (Å²) in [5.74, 6) is -0.550. The number of aliphatic carboxylic acids is 1. The molecule has 122 valence electrons. The largest absolute Gasteiger partial charge is 0.479 e. The molecule has 2 atom stereocenters. The molecule has 2 amide bonds. The monoisotopic (exact) mass is 301 g/mol. The predicted molar refractivity (Wildman–Crippen MR) is 79.3 cm³/mol. The molecule has 1 rings (SSSR count). The number of carboxylic acid groups (broad SMARTS) is 1. The molecule has 0 saturated carbocycles. The Morgan fingerprint density at radius 1 is 1.43 bits per heavy atom. The molecule has 1 fully saturated rings. The van der Waals surface area contributed by atoms with Crippen molar-refractivity contribution in [2.45, 2.75) is 32.4 Å². The first-order chi connectivity index (χ1) is 9.79. The lowest BCUT2D eigenvalue weighted by Gasteiger charge is -2.33. The number of carboxylic acids is 1. The number of hydrogen-bond acceptors (Lipinski definition) is 4. The number of rotatable bonds is 6. The maximum atomic E-state index is 12.3. The van der Waals surface area contributed by atoms with Crippen LogP contribution in [0, 0.1) is 5.92 Å². The van der Waals surface area contributed by atoms with Crippen LogP contribution >= 0.6 is 0 Å². The third-order valence-electron chi connectivity index (χ3n) is 3.30. The number of carbonyl (C=O) groups excluding carboxylic acids is 1. The zero-order valence-electron chi connectivity index (χ0n) is 13.3. The van der Waals surface area contributed by atoms with Gasteiger partial charge in [0, 0.05) is 19.1 Å². The van der Waals surface area contributed by atoms with E-state index in [0.29, 0.717) is 12.5 Å². The Morgan fingerprint density at radius 2 is 2.10 bits per heavy atom. The van der Waals surface area contributed by atoms with Gasteiger partial charge in [0.15, 0.2) is 6.10 Å². The molecule has 0 aromatic rings. The van der Waals surface area contributed by atoms with Gasteiger partial charge in [0.05, 0.1) is 13.2 Å². The Balaban J connectivity index is 2.57. The second-order valence-electron chi connectivity index (χ2n) is 6.18. The standard InChI is InChI=1S/C14H27N3O4/c1-10(2)7-11(8-16(3)4)15-14(20)17-5-6-21-12(9-17)13(18)19/h10-12H,5-9H2,1-4H3,(H,15,20)(H,18,19). The lowest BCUT2D eigenvalue weighted by Crippen LogP contribution is -2.54. The molecule has 0 aromatic heterocycles. The van der Waals surface area contributed by atoms with Gasteiger partial charge >= 0.3 is 12.0 Å². The molecule has 2 N–H and O–H groups in total. The fourth-order valence-corrected chi connectivity index (χ4v) is 2.44. The van der Waals surface area contributed by atoms with E-state index in [-0.39, 0.29) is 25.2 Å². The highest BCUT2D eigenvalue weighted by molar-refractivity contribution is 5.77. The van der Waals surface area contributed by atoms with Gasteiger partial charge in [-0.1, -0.05) is 13.8 Å². The minimum atomic E-state index is -1.03. The minimum absolute atomic E-state index is 0.0543. The fourth-order valence-electron chi connectivity index (χ4n) is 2.44. The third kappa shape index (κ3) is 6.31. The van der Waals surface area contributed by atoms with Crippen LogP contribution in [0.5, 0.6) is 0 Å². The van der Waals surface area contributed by atoms with Crippen molar-refractivity contribution in [3.8, 4) is 0 Å². The highest BCUT2D eigenvalue weighted by atomic mass is 16.5. The summed E-state index contributed by atoms with van der Waals surface area (Å²) in [4.78, 5) is 26.8. The van der Waals surface area contributed by atoms with Gasteiger partial charge in [-0.15, -0.1) is 0 Å². The predicted octanol–water partition coefficient (Wildman–Crippen LogP) is 0.458. The smallest absolute Gasteiger partial charge is 0.334 e. The van der Waals surface area contributed by atoms with Crippen LogP contribution in [-0.2, 0) is 9.53 Å². The molecule has 0 bridgehead atoms. The summed E-state index contributed by atoms with van der Waals surface area (Å²) in [5, 5.41) is 12.0. The van der Waals surface area contributed by atoms with E-state index < -0.39 is 12.1 Å². The van der Waals surface area contributed by atoms with Crippen LogP contribution in [0.2, 0.25) is 0 Å². The number of carbonyl (C=O) groups is 2. The Kier molecular flexibility index (Phi) is 6.91. The topological polar surface area (TPSA) is 82.1 Å². The van der Waals surface area contributed by atoms with Crippen molar-refractivity contribution in [3.63, 3.8) is 0 Å². The van der Waals surface area contributed by atoms with Crippen molar-refractivity contribution in [1.29, 1.82) is 0 Å². The molecule has 7 nitrogen and oxygen atoms in total. The summed E-state index contributed by atoms with van der Waals surface area (Å²) in [7, 11) is 3.93. The van der Waals surface area contributed by atoms with Crippen LogP contribution in [0.3, 0.4) is 0 Å². The quantitative estimate of drug-likeness (QED) is 0.745. The lowest BCUT2D eigenvalue weighted by molar-refractivity contribution is -0.154.